The van der Waals surface area contributed by atoms with Crippen molar-refractivity contribution < 1.29 is 14.7 Å². The second-order valence-corrected chi connectivity index (χ2v) is 6.79. The second kappa shape index (κ2) is 7.77. The number of amides is 1. The SMILES string of the molecule is CC(C)(CNC(=O)Cc1cccc(C(=O)O)c1)Cc1ccccc1. The Balaban J connectivity index is 1.88. The Kier molecular flexibility index (Phi) is 5.74. The van der Waals surface area contributed by atoms with Gasteiger partial charge in [0.1, 0.15) is 0 Å². The van der Waals surface area contributed by atoms with Crippen molar-refractivity contribution in [1.82, 2.24) is 5.32 Å². The minimum atomic E-state index is -0.985. The Morgan fingerprint density at radius 2 is 1.67 bits per heavy atom. The van der Waals surface area contributed by atoms with Crippen LogP contribution in [-0.4, -0.2) is 23.5 Å². The highest BCUT2D eigenvalue weighted by Crippen LogP contribution is 2.20. The lowest BCUT2D eigenvalue weighted by atomic mass is 9.85. The highest BCUT2D eigenvalue weighted by molar-refractivity contribution is 5.88. The average Bonchev–Trinajstić information content (AvgIpc) is 2.54. The molecule has 2 aromatic carbocycles. The van der Waals surface area contributed by atoms with Gasteiger partial charge in [-0.2, -0.15) is 0 Å². The van der Waals surface area contributed by atoms with Gasteiger partial charge in [0.2, 0.25) is 5.91 Å². The van der Waals surface area contributed by atoms with Gasteiger partial charge in [-0.1, -0.05) is 56.3 Å². The van der Waals surface area contributed by atoms with E-state index >= 15 is 0 Å². The number of carbonyl (C=O) groups excluding carboxylic acids is 1. The molecule has 0 heterocycles. The summed E-state index contributed by atoms with van der Waals surface area (Å²) >= 11 is 0. The maximum absolute atomic E-state index is 12.1. The Bertz CT molecular complexity index is 708. The zero-order valence-electron chi connectivity index (χ0n) is 14.1. The van der Waals surface area contributed by atoms with Gasteiger partial charge in [-0.3, -0.25) is 4.79 Å². The summed E-state index contributed by atoms with van der Waals surface area (Å²) in [6, 6.07) is 16.7. The molecule has 0 unspecified atom stereocenters. The molecule has 0 radical (unpaired) electrons. The quantitative estimate of drug-likeness (QED) is 0.821. The first-order valence-corrected chi connectivity index (χ1v) is 7.99. The fourth-order valence-corrected chi connectivity index (χ4v) is 2.61. The molecule has 0 aliphatic heterocycles. The van der Waals surface area contributed by atoms with Gasteiger partial charge in [0, 0.05) is 6.54 Å². The zero-order valence-corrected chi connectivity index (χ0v) is 14.1. The van der Waals surface area contributed by atoms with E-state index in [-0.39, 0.29) is 23.3 Å². The number of nitrogens with one attached hydrogen (secondary N) is 1. The molecule has 0 saturated carbocycles. The number of hydrogen-bond donors (Lipinski definition) is 2. The largest absolute Gasteiger partial charge is 0.478 e. The predicted molar refractivity (Wildman–Crippen MR) is 94.0 cm³/mol. The number of carbonyl (C=O) groups is 2. The normalized spacial score (nSPS) is 11.1. The molecular formula is C20H23NO3. The molecule has 0 saturated heterocycles. The van der Waals surface area contributed by atoms with Gasteiger partial charge in [0.25, 0.3) is 0 Å². The van der Waals surface area contributed by atoms with E-state index in [0.717, 1.165) is 6.42 Å². The van der Waals surface area contributed by atoms with Crippen LogP contribution in [0, 0.1) is 5.41 Å². The van der Waals surface area contributed by atoms with E-state index < -0.39 is 5.97 Å². The molecule has 1 amide bonds. The molecule has 4 nitrogen and oxygen atoms in total. The molecule has 0 aromatic heterocycles. The molecule has 24 heavy (non-hydrogen) atoms. The summed E-state index contributed by atoms with van der Waals surface area (Å²) in [6.07, 6.45) is 1.06. The molecule has 0 aliphatic rings. The third kappa shape index (κ3) is 5.54. The molecule has 2 rings (SSSR count). The van der Waals surface area contributed by atoms with Crippen LogP contribution >= 0.6 is 0 Å². The number of hydrogen-bond acceptors (Lipinski definition) is 2. The maximum Gasteiger partial charge on any atom is 0.335 e. The molecule has 2 N–H and O–H groups in total. The number of carboxylic acids is 1. The molecular weight excluding hydrogens is 302 g/mol. The zero-order chi connectivity index (χ0) is 17.6. The van der Waals surface area contributed by atoms with E-state index in [1.165, 1.54) is 17.7 Å². The predicted octanol–water partition coefficient (Wildman–Crippen LogP) is 3.31. The summed E-state index contributed by atoms with van der Waals surface area (Å²) in [5.41, 5.74) is 2.09. The minimum Gasteiger partial charge on any atom is -0.478 e. The fourth-order valence-electron chi connectivity index (χ4n) is 2.61. The van der Waals surface area contributed by atoms with Crippen LogP contribution in [0.15, 0.2) is 54.6 Å². The Labute approximate surface area is 142 Å². The Morgan fingerprint density at radius 1 is 1.00 bits per heavy atom. The number of aromatic carboxylic acids is 1. The van der Waals surface area contributed by atoms with Crippen molar-refractivity contribution in [3.8, 4) is 0 Å². The summed E-state index contributed by atoms with van der Waals surface area (Å²) < 4.78 is 0. The van der Waals surface area contributed by atoms with Gasteiger partial charge < -0.3 is 10.4 Å². The van der Waals surface area contributed by atoms with Gasteiger partial charge in [-0.15, -0.1) is 0 Å². The van der Waals surface area contributed by atoms with E-state index in [1.54, 1.807) is 12.1 Å². The number of rotatable bonds is 7. The first-order valence-electron chi connectivity index (χ1n) is 7.99. The van der Waals surface area contributed by atoms with E-state index in [1.807, 2.05) is 18.2 Å². The maximum atomic E-state index is 12.1. The molecule has 0 aliphatic carbocycles. The second-order valence-electron chi connectivity index (χ2n) is 6.79. The van der Waals surface area contributed by atoms with Crippen molar-refractivity contribution >= 4 is 11.9 Å². The molecule has 0 atom stereocenters. The summed E-state index contributed by atoms with van der Waals surface area (Å²) in [5.74, 6) is -1.08. The lowest BCUT2D eigenvalue weighted by molar-refractivity contribution is -0.120. The third-order valence-corrected chi connectivity index (χ3v) is 3.83. The van der Waals surface area contributed by atoms with Gasteiger partial charge in [-0.05, 0) is 35.1 Å². The molecule has 0 spiro atoms. The van der Waals surface area contributed by atoms with Gasteiger partial charge in [0.05, 0.1) is 12.0 Å². The van der Waals surface area contributed by atoms with Crippen LogP contribution in [0.1, 0.15) is 35.3 Å². The summed E-state index contributed by atoms with van der Waals surface area (Å²) in [4.78, 5) is 23.1. The summed E-state index contributed by atoms with van der Waals surface area (Å²) in [7, 11) is 0. The number of carboxylic acid groups (broad SMARTS) is 1. The summed E-state index contributed by atoms with van der Waals surface area (Å²) in [5, 5.41) is 11.9. The Hall–Kier alpha value is -2.62. The van der Waals surface area contributed by atoms with Crippen molar-refractivity contribution in [1.29, 1.82) is 0 Å². The smallest absolute Gasteiger partial charge is 0.335 e. The molecule has 126 valence electrons. The van der Waals surface area contributed by atoms with Crippen LogP contribution in [0.5, 0.6) is 0 Å². The van der Waals surface area contributed by atoms with Crippen LogP contribution in [0.3, 0.4) is 0 Å². The monoisotopic (exact) mass is 325 g/mol. The van der Waals surface area contributed by atoms with Crippen LogP contribution < -0.4 is 5.32 Å². The molecule has 0 fully saturated rings. The van der Waals surface area contributed by atoms with Crippen LogP contribution in [0.4, 0.5) is 0 Å². The van der Waals surface area contributed by atoms with Crippen molar-refractivity contribution in [2.45, 2.75) is 26.7 Å². The van der Waals surface area contributed by atoms with E-state index in [4.69, 9.17) is 5.11 Å². The topological polar surface area (TPSA) is 66.4 Å². The first-order chi connectivity index (χ1) is 11.4. The van der Waals surface area contributed by atoms with E-state index in [2.05, 4.69) is 31.3 Å². The average molecular weight is 325 g/mol. The fraction of sp³-hybridized carbons (Fsp3) is 0.300. The molecule has 4 heteroatoms. The third-order valence-electron chi connectivity index (χ3n) is 3.83. The molecule has 0 bridgehead atoms. The number of benzene rings is 2. The van der Waals surface area contributed by atoms with E-state index in [9.17, 15) is 9.59 Å². The van der Waals surface area contributed by atoms with Gasteiger partial charge >= 0.3 is 5.97 Å². The Morgan fingerprint density at radius 3 is 2.33 bits per heavy atom. The van der Waals surface area contributed by atoms with E-state index in [0.29, 0.717) is 12.1 Å². The highest BCUT2D eigenvalue weighted by Gasteiger charge is 2.19. The molecule has 2 aromatic rings. The first kappa shape index (κ1) is 17.7. The van der Waals surface area contributed by atoms with Crippen molar-refractivity contribution in [3.63, 3.8) is 0 Å². The van der Waals surface area contributed by atoms with Crippen molar-refractivity contribution in [2.24, 2.45) is 5.41 Å². The lowest BCUT2D eigenvalue weighted by Gasteiger charge is -2.25. The van der Waals surface area contributed by atoms with Crippen molar-refractivity contribution in [3.05, 3.63) is 71.3 Å². The van der Waals surface area contributed by atoms with Crippen LogP contribution in [0.2, 0.25) is 0 Å². The highest BCUT2D eigenvalue weighted by atomic mass is 16.4. The van der Waals surface area contributed by atoms with Crippen LogP contribution in [-0.2, 0) is 17.6 Å². The summed E-state index contributed by atoms with van der Waals surface area (Å²) in [6.45, 7) is 4.80. The van der Waals surface area contributed by atoms with Gasteiger partial charge in [0.15, 0.2) is 0 Å². The minimum absolute atomic E-state index is 0.0556. The standard InChI is InChI=1S/C20H23NO3/c1-20(2,13-15-7-4-3-5-8-15)14-21-18(22)12-16-9-6-10-17(11-16)19(23)24/h3-11H,12-14H2,1-2H3,(H,21,22)(H,23,24). The van der Waals surface area contributed by atoms with Gasteiger partial charge in [-0.25, -0.2) is 4.79 Å². The lowest BCUT2D eigenvalue weighted by Crippen LogP contribution is -2.36. The van der Waals surface area contributed by atoms with Crippen LogP contribution in [0.25, 0.3) is 0 Å². The van der Waals surface area contributed by atoms with Crippen molar-refractivity contribution in [2.75, 3.05) is 6.54 Å².